The maximum absolute atomic E-state index is 11.5. The molecule has 0 spiro atoms. The molecule has 4 heteroatoms. The number of rotatable bonds is 3. The van der Waals surface area contributed by atoms with Gasteiger partial charge in [0.05, 0.1) is 6.54 Å². The SMILES string of the molecule is Cc1csc(CNC(=O)CC(C)(C)C)n1. The summed E-state index contributed by atoms with van der Waals surface area (Å²) >= 11 is 1.58. The van der Waals surface area contributed by atoms with E-state index in [1.165, 1.54) is 0 Å². The summed E-state index contributed by atoms with van der Waals surface area (Å²) in [5, 5.41) is 5.84. The molecule has 0 fully saturated rings. The van der Waals surface area contributed by atoms with Crippen molar-refractivity contribution in [2.45, 2.75) is 40.7 Å². The van der Waals surface area contributed by atoms with Gasteiger partial charge in [0.15, 0.2) is 0 Å². The lowest BCUT2D eigenvalue weighted by Crippen LogP contribution is -2.27. The van der Waals surface area contributed by atoms with Gasteiger partial charge in [0.2, 0.25) is 5.91 Å². The van der Waals surface area contributed by atoms with E-state index in [1.54, 1.807) is 11.3 Å². The molecule has 0 aliphatic heterocycles. The quantitative estimate of drug-likeness (QED) is 0.860. The average molecular weight is 226 g/mol. The van der Waals surface area contributed by atoms with Gasteiger partial charge in [0, 0.05) is 17.5 Å². The van der Waals surface area contributed by atoms with Crippen molar-refractivity contribution in [3.8, 4) is 0 Å². The number of aryl methyl sites for hydroxylation is 1. The maximum atomic E-state index is 11.5. The van der Waals surface area contributed by atoms with Crippen LogP contribution in [0.1, 0.15) is 37.9 Å². The third-order valence-corrected chi connectivity index (χ3v) is 2.76. The molecule has 15 heavy (non-hydrogen) atoms. The van der Waals surface area contributed by atoms with Crippen LogP contribution < -0.4 is 5.32 Å². The van der Waals surface area contributed by atoms with Crippen molar-refractivity contribution in [2.75, 3.05) is 0 Å². The summed E-state index contributed by atoms with van der Waals surface area (Å²) in [7, 11) is 0. The van der Waals surface area contributed by atoms with E-state index in [4.69, 9.17) is 0 Å². The highest BCUT2D eigenvalue weighted by molar-refractivity contribution is 7.09. The van der Waals surface area contributed by atoms with Crippen LogP contribution >= 0.6 is 11.3 Å². The molecule has 0 atom stereocenters. The van der Waals surface area contributed by atoms with Crippen molar-refractivity contribution in [1.29, 1.82) is 0 Å². The summed E-state index contributed by atoms with van der Waals surface area (Å²) in [4.78, 5) is 15.8. The molecule has 0 saturated carbocycles. The minimum Gasteiger partial charge on any atom is -0.350 e. The average Bonchev–Trinajstić information content (AvgIpc) is 2.45. The number of amides is 1. The predicted octanol–water partition coefficient (Wildman–Crippen LogP) is 2.50. The van der Waals surface area contributed by atoms with Crippen molar-refractivity contribution >= 4 is 17.2 Å². The number of hydrogen-bond donors (Lipinski definition) is 1. The summed E-state index contributed by atoms with van der Waals surface area (Å²) < 4.78 is 0. The first kappa shape index (κ1) is 12.2. The normalized spacial score (nSPS) is 11.5. The molecule has 0 bridgehead atoms. The largest absolute Gasteiger partial charge is 0.350 e. The number of aromatic nitrogens is 1. The minimum atomic E-state index is 0.0445. The third-order valence-electron chi connectivity index (χ3n) is 1.79. The van der Waals surface area contributed by atoms with Gasteiger partial charge in [-0.15, -0.1) is 11.3 Å². The van der Waals surface area contributed by atoms with Crippen LogP contribution in [0.4, 0.5) is 0 Å². The molecule has 0 radical (unpaired) electrons. The van der Waals surface area contributed by atoms with Crippen LogP contribution in [-0.4, -0.2) is 10.9 Å². The molecular weight excluding hydrogens is 208 g/mol. The lowest BCUT2D eigenvalue weighted by atomic mass is 9.92. The molecule has 1 N–H and O–H groups in total. The summed E-state index contributed by atoms with van der Waals surface area (Å²) in [5.74, 6) is 0.0929. The summed E-state index contributed by atoms with van der Waals surface area (Å²) in [5.41, 5.74) is 1.06. The molecule has 0 aliphatic carbocycles. The fourth-order valence-corrected chi connectivity index (χ4v) is 1.91. The van der Waals surface area contributed by atoms with Crippen LogP contribution in [0.15, 0.2) is 5.38 Å². The van der Waals surface area contributed by atoms with Gasteiger partial charge in [-0.05, 0) is 12.3 Å². The van der Waals surface area contributed by atoms with Crippen LogP contribution in [0, 0.1) is 12.3 Å². The number of carbonyl (C=O) groups is 1. The molecule has 1 aromatic rings. The number of carbonyl (C=O) groups excluding carboxylic acids is 1. The lowest BCUT2D eigenvalue weighted by Gasteiger charge is -2.16. The first-order chi connectivity index (χ1) is 6.87. The van der Waals surface area contributed by atoms with Gasteiger partial charge in [-0.3, -0.25) is 4.79 Å². The number of hydrogen-bond acceptors (Lipinski definition) is 3. The standard InChI is InChI=1S/C11H18N2OS/c1-8-7-15-10(13-8)6-12-9(14)5-11(2,3)4/h7H,5-6H2,1-4H3,(H,12,14). The van der Waals surface area contributed by atoms with Crippen LogP contribution in [0.2, 0.25) is 0 Å². The zero-order valence-electron chi connectivity index (χ0n) is 9.76. The van der Waals surface area contributed by atoms with Crippen LogP contribution in [0.25, 0.3) is 0 Å². The van der Waals surface area contributed by atoms with E-state index in [2.05, 4.69) is 31.1 Å². The van der Waals surface area contributed by atoms with E-state index in [0.29, 0.717) is 13.0 Å². The van der Waals surface area contributed by atoms with Gasteiger partial charge in [-0.1, -0.05) is 20.8 Å². The number of nitrogens with one attached hydrogen (secondary N) is 1. The van der Waals surface area contributed by atoms with Crippen LogP contribution in [-0.2, 0) is 11.3 Å². The van der Waals surface area contributed by atoms with Gasteiger partial charge >= 0.3 is 0 Å². The lowest BCUT2D eigenvalue weighted by molar-refractivity contribution is -0.122. The van der Waals surface area contributed by atoms with E-state index in [0.717, 1.165) is 10.7 Å². The first-order valence-corrected chi connectivity index (χ1v) is 5.92. The fourth-order valence-electron chi connectivity index (χ4n) is 1.20. The Bertz CT molecular complexity index is 339. The fraction of sp³-hybridized carbons (Fsp3) is 0.636. The molecule has 0 aliphatic rings. The molecule has 1 aromatic heterocycles. The summed E-state index contributed by atoms with van der Waals surface area (Å²) in [6.45, 7) is 8.67. The van der Waals surface area contributed by atoms with Gasteiger partial charge in [0.1, 0.15) is 5.01 Å². The molecule has 84 valence electrons. The maximum Gasteiger partial charge on any atom is 0.220 e. The van der Waals surface area contributed by atoms with Crippen molar-refractivity contribution < 1.29 is 4.79 Å². The molecule has 1 amide bonds. The molecular formula is C11H18N2OS. The van der Waals surface area contributed by atoms with Gasteiger partial charge in [-0.2, -0.15) is 0 Å². The highest BCUT2D eigenvalue weighted by atomic mass is 32.1. The zero-order chi connectivity index (χ0) is 11.5. The Morgan fingerprint density at radius 2 is 2.20 bits per heavy atom. The third kappa shape index (κ3) is 4.93. The van der Waals surface area contributed by atoms with Gasteiger partial charge in [-0.25, -0.2) is 4.98 Å². The highest BCUT2D eigenvalue weighted by Crippen LogP contribution is 2.18. The Morgan fingerprint density at radius 3 is 2.67 bits per heavy atom. The first-order valence-electron chi connectivity index (χ1n) is 5.04. The van der Waals surface area contributed by atoms with Crippen molar-refractivity contribution in [2.24, 2.45) is 5.41 Å². The smallest absolute Gasteiger partial charge is 0.220 e. The Morgan fingerprint density at radius 1 is 1.53 bits per heavy atom. The van der Waals surface area contributed by atoms with E-state index in [-0.39, 0.29) is 11.3 Å². The zero-order valence-corrected chi connectivity index (χ0v) is 10.6. The van der Waals surface area contributed by atoms with E-state index >= 15 is 0 Å². The van der Waals surface area contributed by atoms with Crippen molar-refractivity contribution in [3.63, 3.8) is 0 Å². The van der Waals surface area contributed by atoms with E-state index < -0.39 is 0 Å². The molecule has 1 heterocycles. The second kappa shape index (κ2) is 4.75. The van der Waals surface area contributed by atoms with Gasteiger partial charge in [0.25, 0.3) is 0 Å². The number of nitrogens with zero attached hydrogens (tertiary/aromatic N) is 1. The topological polar surface area (TPSA) is 42.0 Å². The highest BCUT2D eigenvalue weighted by Gasteiger charge is 2.15. The Balaban J connectivity index is 2.35. The Kier molecular flexibility index (Phi) is 3.85. The molecule has 1 rings (SSSR count). The minimum absolute atomic E-state index is 0.0445. The second-order valence-corrected chi connectivity index (χ2v) is 5.84. The molecule has 0 saturated heterocycles. The van der Waals surface area contributed by atoms with E-state index in [9.17, 15) is 4.79 Å². The predicted molar refractivity (Wildman–Crippen MR) is 62.8 cm³/mol. The molecule has 0 unspecified atom stereocenters. The Labute approximate surface area is 94.9 Å². The molecule has 0 aromatic carbocycles. The van der Waals surface area contributed by atoms with Crippen LogP contribution in [0.3, 0.4) is 0 Å². The number of thiazole rings is 1. The van der Waals surface area contributed by atoms with Gasteiger partial charge < -0.3 is 5.32 Å². The van der Waals surface area contributed by atoms with Crippen molar-refractivity contribution in [1.82, 2.24) is 10.3 Å². The Hall–Kier alpha value is -0.900. The molecule has 3 nitrogen and oxygen atoms in total. The van der Waals surface area contributed by atoms with Crippen molar-refractivity contribution in [3.05, 3.63) is 16.1 Å². The van der Waals surface area contributed by atoms with E-state index in [1.807, 2.05) is 12.3 Å². The summed E-state index contributed by atoms with van der Waals surface area (Å²) in [6, 6.07) is 0. The summed E-state index contributed by atoms with van der Waals surface area (Å²) in [6.07, 6.45) is 0.553. The van der Waals surface area contributed by atoms with Crippen LogP contribution in [0.5, 0.6) is 0 Å². The monoisotopic (exact) mass is 226 g/mol. The second-order valence-electron chi connectivity index (χ2n) is 4.90.